The molecular formula is C24H19ClIN3O2S. The molecule has 0 aliphatic carbocycles. The first-order chi connectivity index (χ1) is 15.2. The third kappa shape index (κ3) is 4.12. The molecule has 5 nitrogen and oxygen atoms in total. The largest absolute Gasteiger partial charge is 0.318 e. The van der Waals surface area contributed by atoms with Crippen LogP contribution in [0.15, 0.2) is 54.1 Å². The van der Waals surface area contributed by atoms with Gasteiger partial charge in [0.1, 0.15) is 5.57 Å². The summed E-state index contributed by atoms with van der Waals surface area (Å²) in [6, 6.07) is 15.0. The Hall–Kier alpha value is -2.49. The van der Waals surface area contributed by atoms with Gasteiger partial charge in [0, 0.05) is 25.7 Å². The molecule has 8 heteroatoms. The number of carbonyl (C=O) groups excluding carboxylic acids is 2. The van der Waals surface area contributed by atoms with Gasteiger partial charge in [-0.25, -0.2) is 0 Å². The number of nitrogens with one attached hydrogen (secondary N) is 1. The Bertz CT molecular complexity index is 1330. The second-order valence-electron chi connectivity index (χ2n) is 7.53. The highest BCUT2D eigenvalue weighted by atomic mass is 127. The molecule has 0 bridgehead atoms. The van der Waals surface area contributed by atoms with Gasteiger partial charge < -0.3 is 4.57 Å². The minimum atomic E-state index is -0.520. The SMILES string of the molecule is Cc1cc(-n2c(C)cc(/C=C3\C(=O)NC(=S)N(c4cccc(Cl)c4)C3=O)c2C)ccc1I. The standard InChI is InChI=1S/C24H19ClIN3O2S/c1-13-9-19(7-8-21(13)26)28-14(2)10-16(15(28)3)11-20-22(30)27-24(32)29(23(20)31)18-6-4-5-17(25)12-18/h4-12H,1-3H3,(H,27,30,32)/b20-11+. The first kappa shape index (κ1) is 22.7. The summed E-state index contributed by atoms with van der Waals surface area (Å²) in [5.41, 5.74) is 5.44. The van der Waals surface area contributed by atoms with Crippen LogP contribution in [-0.2, 0) is 9.59 Å². The van der Waals surface area contributed by atoms with Crippen molar-refractivity contribution in [1.82, 2.24) is 9.88 Å². The van der Waals surface area contributed by atoms with E-state index in [1.54, 1.807) is 30.3 Å². The Morgan fingerprint density at radius 2 is 1.78 bits per heavy atom. The van der Waals surface area contributed by atoms with E-state index in [9.17, 15) is 9.59 Å². The molecule has 1 aliphatic rings. The zero-order chi connectivity index (χ0) is 23.2. The maximum Gasteiger partial charge on any atom is 0.270 e. The molecule has 1 fully saturated rings. The van der Waals surface area contributed by atoms with Gasteiger partial charge in [0.25, 0.3) is 11.8 Å². The number of hydrogen-bond donors (Lipinski definition) is 1. The monoisotopic (exact) mass is 575 g/mol. The van der Waals surface area contributed by atoms with Crippen LogP contribution in [0.5, 0.6) is 0 Å². The van der Waals surface area contributed by atoms with Crippen molar-refractivity contribution in [3.8, 4) is 5.69 Å². The first-order valence-electron chi connectivity index (χ1n) is 9.80. The second-order valence-corrected chi connectivity index (χ2v) is 9.52. The highest BCUT2D eigenvalue weighted by molar-refractivity contribution is 14.1. The molecule has 3 aromatic rings. The number of anilines is 1. The van der Waals surface area contributed by atoms with Gasteiger partial charge in [0.2, 0.25) is 0 Å². The van der Waals surface area contributed by atoms with Crippen LogP contribution in [0.3, 0.4) is 0 Å². The van der Waals surface area contributed by atoms with Crippen molar-refractivity contribution in [2.75, 3.05) is 4.90 Å². The number of amides is 2. The molecule has 2 heterocycles. The summed E-state index contributed by atoms with van der Waals surface area (Å²) in [6.07, 6.45) is 1.62. The minimum absolute atomic E-state index is 0.0117. The number of carbonyl (C=O) groups is 2. The van der Waals surface area contributed by atoms with Crippen LogP contribution < -0.4 is 10.2 Å². The Morgan fingerprint density at radius 3 is 2.47 bits per heavy atom. The zero-order valence-electron chi connectivity index (χ0n) is 17.6. The van der Waals surface area contributed by atoms with Crippen molar-refractivity contribution in [3.05, 3.63) is 85.2 Å². The van der Waals surface area contributed by atoms with Crippen molar-refractivity contribution in [2.24, 2.45) is 0 Å². The van der Waals surface area contributed by atoms with Crippen LogP contribution >= 0.6 is 46.4 Å². The number of nitrogens with zero attached hydrogens (tertiary/aromatic N) is 2. The maximum atomic E-state index is 13.3. The zero-order valence-corrected chi connectivity index (χ0v) is 21.3. The molecule has 1 saturated heterocycles. The van der Waals surface area contributed by atoms with Crippen molar-refractivity contribution in [3.63, 3.8) is 0 Å². The number of halogens is 2. The molecule has 4 rings (SSSR count). The number of benzene rings is 2. The molecule has 1 aliphatic heterocycles. The van der Waals surface area contributed by atoms with E-state index in [-0.39, 0.29) is 10.7 Å². The summed E-state index contributed by atoms with van der Waals surface area (Å²) >= 11 is 13.7. The molecule has 32 heavy (non-hydrogen) atoms. The predicted molar refractivity (Wildman–Crippen MR) is 140 cm³/mol. The minimum Gasteiger partial charge on any atom is -0.318 e. The van der Waals surface area contributed by atoms with E-state index < -0.39 is 11.8 Å². The second kappa shape index (κ2) is 8.80. The fourth-order valence-corrected chi connectivity index (χ4v) is 4.56. The van der Waals surface area contributed by atoms with E-state index in [4.69, 9.17) is 23.8 Å². The molecule has 0 spiro atoms. The summed E-state index contributed by atoms with van der Waals surface area (Å²) in [6.45, 7) is 6.04. The lowest BCUT2D eigenvalue weighted by molar-refractivity contribution is -0.122. The molecule has 162 valence electrons. The van der Waals surface area contributed by atoms with E-state index in [1.165, 1.54) is 14.0 Å². The summed E-state index contributed by atoms with van der Waals surface area (Å²) < 4.78 is 3.30. The number of aromatic nitrogens is 1. The van der Waals surface area contributed by atoms with Crippen molar-refractivity contribution < 1.29 is 9.59 Å². The number of rotatable bonds is 3. The average molecular weight is 576 g/mol. The fraction of sp³-hybridized carbons (Fsp3) is 0.125. The number of hydrogen-bond acceptors (Lipinski definition) is 3. The fourth-order valence-electron chi connectivity index (χ4n) is 3.76. The molecular weight excluding hydrogens is 557 g/mol. The summed E-state index contributed by atoms with van der Waals surface area (Å²) in [4.78, 5) is 27.2. The van der Waals surface area contributed by atoms with Gasteiger partial charge in [-0.15, -0.1) is 0 Å². The van der Waals surface area contributed by atoms with Crippen molar-refractivity contribution >= 4 is 75.1 Å². The van der Waals surface area contributed by atoms with Crippen LogP contribution in [0.2, 0.25) is 5.02 Å². The number of thiocarbonyl (C=S) groups is 1. The van der Waals surface area contributed by atoms with Crippen molar-refractivity contribution in [2.45, 2.75) is 20.8 Å². The highest BCUT2D eigenvalue weighted by Crippen LogP contribution is 2.28. The number of aryl methyl sites for hydroxylation is 2. The molecule has 1 aromatic heterocycles. The van der Waals surface area contributed by atoms with E-state index in [2.05, 4.69) is 57.6 Å². The lowest BCUT2D eigenvalue weighted by Crippen LogP contribution is -2.54. The quantitative estimate of drug-likeness (QED) is 0.194. The van der Waals surface area contributed by atoms with Gasteiger partial charge >= 0.3 is 0 Å². The van der Waals surface area contributed by atoms with Crippen LogP contribution in [0.25, 0.3) is 11.8 Å². The third-order valence-electron chi connectivity index (χ3n) is 5.34. The Labute approximate surface area is 210 Å². The maximum absolute atomic E-state index is 13.3. The van der Waals surface area contributed by atoms with E-state index in [0.717, 1.165) is 22.6 Å². The Kier molecular flexibility index (Phi) is 6.24. The van der Waals surface area contributed by atoms with E-state index in [0.29, 0.717) is 10.7 Å². The predicted octanol–water partition coefficient (Wildman–Crippen LogP) is 5.49. The van der Waals surface area contributed by atoms with Crippen LogP contribution in [0.4, 0.5) is 5.69 Å². The Balaban J connectivity index is 1.77. The lowest BCUT2D eigenvalue weighted by atomic mass is 10.1. The van der Waals surface area contributed by atoms with Crippen LogP contribution in [0.1, 0.15) is 22.5 Å². The van der Waals surface area contributed by atoms with Gasteiger partial charge in [0.05, 0.1) is 5.69 Å². The molecule has 0 atom stereocenters. The lowest BCUT2D eigenvalue weighted by Gasteiger charge is -2.29. The van der Waals surface area contributed by atoms with Gasteiger partial charge in [-0.1, -0.05) is 17.7 Å². The topological polar surface area (TPSA) is 54.3 Å². The molecule has 1 N–H and O–H groups in total. The van der Waals surface area contributed by atoms with Crippen LogP contribution in [-0.4, -0.2) is 21.5 Å². The van der Waals surface area contributed by atoms with E-state index in [1.807, 2.05) is 19.9 Å². The molecule has 0 unspecified atom stereocenters. The Morgan fingerprint density at radius 1 is 1.03 bits per heavy atom. The molecule has 2 amide bonds. The molecule has 0 radical (unpaired) electrons. The third-order valence-corrected chi connectivity index (χ3v) is 7.07. The highest BCUT2D eigenvalue weighted by Gasteiger charge is 2.34. The van der Waals surface area contributed by atoms with Gasteiger partial charge in [-0.3, -0.25) is 19.8 Å². The average Bonchev–Trinajstić information content (AvgIpc) is 3.00. The molecule has 2 aromatic carbocycles. The van der Waals surface area contributed by atoms with Gasteiger partial charge in [-0.05, 0) is 115 Å². The van der Waals surface area contributed by atoms with Crippen LogP contribution in [0, 0.1) is 24.3 Å². The van der Waals surface area contributed by atoms with E-state index >= 15 is 0 Å². The summed E-state index contributed by atoms with van der Waals surface area (Å²) in [5, 5.41) is 3.11. The summed E-state index contributed by atoms with van der Waals surface area (Å²) in [5.74, 6) is -1.01. The van der Waals surface area contributed by atoms with Gasteiger partial charge in [-0.2, -0.15) is 0 Å². The van der Waals surface area contributed by atoms with Gasteiger partial charge in [0.15, 0.2) is 5.11 Å². The summed E-state index contributed by atoms with van der Waals surface area (Å²) in [7, 11) is 0. The molecule has 0 saturated carbocycles. The smallest absolute Gasteiger partial charge is 0.270 e. The normalized spacial score (nSPS) is 15.5. The first-order valence-corrected chi connectivity index (χ1v) is 11.7. The van der Waals surface area contributed by atoms with Crippen molar-refractivity contribution in [1.29, 1.82) is 0 Å².